The second kappa shape index (κ2) is 7.97. The summed E-state index contributed by atoms with van der Waals surface area (Å²) in [6.45, 7) is 4.67. The molecule has 2 aromatic carbocycles. The Kier molecular flexibility index (Phi) is 5.25. The summed E-state index contributed by atoms with van der Waals surface area (Å²) in [5.41, 5.74) is 4.85. The second-order valence-corrected chi connectivity index (χ2v) is 8.15. The number of aryl methyl sites for hydroxylation is 1. The molecule has 0 amide bonds. The Hall–Kier alpha value is -2.94. The van der Waals surface area contributed by atoms with E-state index >= 15 is 0 Å². The lowest BCUT2D eigenvalue weighted by Gasteiger charge is -2.26. The van der Waals surface area contributed by atoms with E-state index < -0.39 is 0 Å². The van der Waals surface area contributed by atoms with Crippen LogP contribution in [0, 0.1) is 18.3 Å². The standard InChI is InChI=1S/C23H21N3OS/c1-16-7-8-21(27)18(11-16)13-25-23-20(12-24)19-9-10-26(15-22(19)28-23)14-17-5-3-2-4-6-17/h2-8,11,13,27H,9-10,14-15H2,1H3. The maximum Gasteiger partial charge on any atom is 0.134 e. The summed E-state index contributed by atoms with van der Waals surface area (Å²) in [6, 6.07) is 18.2. The molecule has 4 nitrogen and oxygen atoms in total. The van der Waals surface area contributed by atoms with Crippen LogP contribution in [0.4, 0.5) is 5.00 Å². The number of nitrogens with zero attached hydrogens (tertiary/aromatic N) is 3. The van der Waals surface area contributed by atoms with E-state index in [1.165, 1.54) is 10.4 Å². The molecule has 140 valence electrons. The van der Waals surface area contributed by atoms with E-state index in [-0.39, 0.29) is 5.75 Å². The highest BCUT2D eigenvalue weighted by Gasteiger charge is 2.24. The quantitative estimate of drug-likeness (QED) is 0.645. The summed E-state index contributed by atoms with van der Waals surface area (Å²) in [6.07, 6.45) is 2.52. The Balaban J connectivity index is 1.57. The van der Waals surface area contributed by atoms with Crippen molar-refractivity contribution >= 4 is 22.6 Å². The van der Waals surface area contributed by atoms with Gasteiger partial charge in [-0.2, -0.15) is 5.26 Å². The Labute approximate surface area is 169 Å². The normalized spacial score (nSPS) is 14.1. The lowest BCUT2D eigenvalue weighted by Crippen LogP contribution is -2.29. The molecule has 0 saturated carbocycles. The van der Waals surface area contributed by atoms with E-state index in [4.69, 9.17) is 0 Å². The second-order valence-electron chi connectivity index (χ2n) is 7.06. The average Bonchev–Trinajstić information content (AvgIpc) is 3.06. The van der Waals surface area contributed by atoms with Gasteiger partial charge in [0.25, 0.3) is 0 Å². The number of nitriles is 1. The fraction of sp³-hybridized carbons (Fsp3) is 0.217. The number of aromatic hydroxyl groups is 1. The lowest BCUT2D eigenvalue weighted by molar-refractivity contribution is 0.249. The van der Waals surface area contributed by atoms with Crippen LogP contribution in [0.5, 0.6) is 5.75 Å². The highest BCUT2D eigenvalue weighted by atomic mass is 32.1. The van der Waals surface area contributed by atoms with Crippen molar-refractivity contribution in [3.05, 3.63) is 81.2 Å². The van der Waals surface area contributed by atoms with E-state index in [0.717, 1.165) is 42.2 Å². The minimum absolute atomic E-state index is 0.197. The molecule has 28 heavy (non-hydrogen) atoms. The number of rotatable bonds is 4. The van der Waals surface area contributed by atoms with Crippen LogP contribution in [0.25, 0.3) is 0 Å². The van der Waals surface area contributed by atoms with E-state index in [1.54, 1.807) is 23.6 Å². The van der Waals surface area contributed by atoms with Crippen LogP contribution in [0.15, 0.2) is 53.5 Å². The average molecular weight is 388 g/mol. The van der Waals surface area contributed by atoms with Gasteiger partial charge >= 0.3 is 0 Å². The third kappa shape index (κ3) is 3.84. The summed E-state index contributed by atoms with van der Waals surface area (Å²) < 4.78 is 0. The number of phenolic OH excluding ortho intramolecular Hbond substituents is 1. The van der Waals surface area contributed by atoms with Gasteiger partial charge in [-0.1, -0.05) is 42.0 Å². The molecule has 0 radical (unpaired) electrons. The molecule has 1 N–H and O–H groups in total. The van der Waals surface area contributed by atoms with E-state index in [1.807, 2.05) is 25.1 Å². The third-order valence-electron chi connectivity index (χ3n) is 4.98. The predicted molar refractivity (Wildman–Crippen MR) is 113 cm³/mol. The summed E-state index contributed by atoms with van der Waals surface area (Å²) >= 11 is 1.59. The summed E-state index contributed by atoms with van der Waals surface area (Å²) in [5.74, 6) is 0.197. The topological polar surface area (TPSA) is 59.6 Å². The van der Waals surface area contributed by atoms with Gasteiger partial charge in [-0.25, -0.2) is 4.99 Å². The zero-order chi connectivity index (χ0) is 19.5. The van der Waals surface area contributed by atoms with Crippen LogP contribution in [0.2, 0.25) is 0 Å². The predicted octanol–water partition coefficient (Wildman–Crippen LogP) is 4.94. The molecule has 2 heterocycles. The Morgan fingerprint density at radius 2 is 2.07 bits per heavy atom. The van der Waals surface area contributed by atoms with Crippen LogP contribution in [-0.4, -0.2) is 22.8 Å². The lowest BCUT2D eigenvalue weighted by atomic mass is 10.0. The highest BCUT2D eigenvalue weighted by Crippen LogP contribution is 2.38. The molecule has 3 aromatic rings. The van der Waals surface area contributed by atoms with Crippen molar-refractivity contribution in [2.45, 2.75) is 26.4 Å². The zero-order valence-electron chi connectivity index (χ0n) is 15.7. The number of hydrogen-bond acceptors (Lipinski definition) is 5. The molecule has 4 rings (SSSR count). The molecule has 1 aromatic heterocycles. The molecular formula is C23H21N3OS. The first kappa shape index (κ1) is 18.4. The molecule has 1 aliphatic heterocycles. The molecule has 0 saturated heterocycles. The number of phenols is 1. The van der Waals surface area contributed by atoms with Gasteiger partial charge in [-0.3, -0.25) is 4.90 Å². The van der Waals surface area contributed by atoms with Gasteiger partial charge < -0.3 is 5.11 Å². The SMILES string of the molecule is Cc1ccc(O)c(C=Nc2sc3c(c2C#N)CCN(Cc2ccccc2)C3)c1. The molecule has 1 aliphatic rings. The monoisotopic (exact) mass is 387 g/mol. The van der Waals surface area contributed by atoms with Gasteiger partial charge in [0.1, 0.15) is 16.8 Å². The number of benzene rings is 2. The van der Waals surface area contributed by atoms with Gasteiger partial charge in [0.05, 0.1) is 5.56 Å². The number of thiophene rings is 1. The maximum absolute atomic E-state index is 10.0. The molecule has 5 heteroatoms. The first-order valence-corrected chi connectivity index (χ1v) is 10.1. The van der Waals surface area contributed by atoms with Crippen molar-refractivity contribution in [2.75, 3.05) is 6.54 Å². The molecule has 0 bridgehead atoms. The number of aliphatic imine (C=N–C) groups is 1. The van der Waals surface area contributed by atoms with Crippen molar-refractivity contribution in [2.24, 2.45) is 4.99 Å². The first-order valence-electron chi connectivity index (χ1n) is 9.28. The van der Waals surface area contributed by atoms with Crippen molar-refractivity contribution in [1.29, 1.82) is 5.26 Å². The minimum atomic E-state index is 0.197. The Bertz CT molecular complexity index is 1060. The van der Waals surface area contributed by atoms with Crippen LogP contribution < -0.4 is 0 Å². The maximum atomic E-state index is 10.0. The van der Waals surface area contributed by atoms with Crippen molar-refractivity contribution in [3.8, 4) is 11.8 Å². The van der Waals surface area contributed by atoms with E-state index in [2.05, 4.69) is 40.2 Å². The van der Waals surface area contributed by atoms with Crippen LogP contribution in [0.3, 0.4) is 0 Å². The fourth-order valence-electron chi connectivity index (χ4n) is 3.53. The minimum Gasteiger partial charge on any atom is -0.507 e. The Morgan fingerprint density at radius 3 is 2.86 bits per heavy atom. The molecule has 0 atom stereocenters. The molecule has 0 unspecified atom stereocenters. The van der Waals surface area contributed by atoms with Gasteiger partial charge in [0, 0.05) is 36.3 Å². The van der Waals surface area contributed by atoms with Crippen molar-refractivity contribution in [3.63, 3.8) is 0 Å². The smallest absolute Gasteiger partial charge is 0.134 e. The summed E-state index contributed by atoms with van der Waals surface area (Å²) in [7, 11) is 0. The van der Waals surface area contributed by atoms with Crippen LogP contribution >= 0.6 is 11.3 Å². The summed E-state index contributed by atoms with van der Waals surface area (Å²) in [4.78, 5) is 8.19. The van der Waals surface area contributed by atoms with Crippen LogP contribution in [-0.2, 0) is 19.5 Å². The molecule has 0 aliphatic carbocycles. The molecule has 0 fully saturated rings. The van der Waals surface area contributed by atoms with Crippen molar-refractivity contribution in [1.82, 2.24) is 4.90 Å². The van der Waals surface area contributed by atoms with Crippen molar-refractivity contribution < 1.29 is 5.11 Å². The molecule has 0 spiro atoms. The first-order chi connectivity index (χ1) is 13.6. The highest BCUT2D eigenvalue weighted by molar-refractivity contribution is 7.16. The van der Waals surface area contributed by atoms with Gasteiger partial charge in [0.2, 0.25) is 0 Å². The van der Waals surface area contributed by atoms with Crippen LogP contribution in [0.1, 0.15) is 32.7 Å². The zero-order valence-corrected chi connectivity index (χ0v) is 16.5. The van der Waals surface area contributed by atoms with Gasteiger partial charge in [-0.05, 0) is 36.6 Å². The third-order valence-corrected chi connectivity index (χ3v) is 6.11. The van der Waals surface area contributed by atoms with E-state index in [9.17, 15) is 10.4 Å². The largest absolute Gasteiger partial charge is 0.507 e. The fourth-order valence-corrected chi connectivity index (χ4v) is 4.71. The van der Waals surface area contributed by atoms with Gasteiger partial charge in [0.15, 0.2) is 0 Å². The summed E-state index contributed by atoms with van der Waals surface area (Å²) in [5, 5.41) is 20.4. The number of hydrogen-bond donors (Lipinski definition) is 1. The van der Waals surface area contributed by atoms with Gasteiger partial charge in [-0.15, -0.1) is 11.3 Å². The number of fused-ring (bicyclic) bond motifs is 1. The van der Waals surface area contributed by atoms with E-state index in [0.29, 0.717) is 11.1 Å². The Morgan fingerprint density at radius 1 is 1.25 bits per heavy atom. The molecular weight excluding hydrogens is 366 g/mol.